The van der Waals surface area contributed by atoms with Crippen LogP contribution in [0, 0.1) is 27.7 Å². The maximum atomic E-state index is 11.6. The van der Waals surface area contributed by atoms with Gasteiger partial charge in [0, 0.05) is 11.1 Å². The minimum Gasteiger partial charge on any atom is -0.507 e. The summed E-state index contributed by atoms with van der Waals surface area (Å²) in [5.74, 6) is 0.0503. The molecule has 0 amide bonds. The Labute approximate surface area is 164 Å². The van der Waals surface area contributed by atoms with Crippen LogP contribution in [0.15, 0.2) is 48.5 Å². The molecule has 146 valence electrons. The second-order valence-corrected chi connectivity index (χ2v) is 8.11. The van der Waals surface area contributed by atoms with E-state index in [9.17, 15) is 19.5 Å². The van der Waals surface area contributed by atoms with Crippen molar-refractivity contribution in [2.24, 2.45) is 0 Å². The summed E-state index contributed by atoms with van der Waals surface area (Å²) in [6, 6.07) is 14.4. The maximum absolute atomic E-state index is 11.6. The lowest BCUT2D eigenvalue weighted by atomic mass is 9.85. The third kappa shape index (κ3) is 3.83. The number of hydrogen-bond acceptors (Lipinski definition) is 3. The van der Waals surface area contributed by atoms with E-state index in [-0.39, 0.29) is 11.5 Å². The summed E-state index contributed by atoms with van der Waals surface area (Å²) in [6.07, 6.45) is 0. The predicted octanol–water partition coefficient (Wildman–Crippen LogP) is 5.43. The Balaban J connectivity index is 2.50. The zero-order chi connectivity index (χ0) is 20.6. The molecule has 5 nitrogen and oxygen atoms in total. The Bertz CT molecular complexity index is 1060. The first-order valence-electron chi connectivity index (χ1n) is 8.84. The number of hydrogen-bond donors (Lipinski definition) is 3. The molecule has 3 rings (SSSR count). The molecule has 0 atom stereocenters. The van der Waals surface area contributed by atoms with Gasteiger partial charge in [0.2, 0.25) is 0 Å². The van der Waals surface area contributed by atoms with Gasteiger partial charge in [0.25, 0.3) is 0 Å². The number of phenols is 1. The molecule has 0 heterocycles. The smallest absolute Gasteiger partial charge is 0.507 e. The molecule has 0 bridgehead atoms. The molecule has 0 aliphatic heterocycles. The second kappa shape index (κ2) is 7.44. The normalized spacial score (nSPS) is 11.5. The topological polar surface area (TPSA) is 87.0 Å². The largest absolute Gasteiger partial charge is 0.524 e. The minimum atomic E-state index is -4.80. The highest BCUT2D eigenvalue weighted by molar-refractivity contribution is 7.46. The summed E-state index contributed by atoms with van der Waals surface area (Å²) < 4.78 is 16.7. The van der Waals surface area contributed by atoms with Crippen molar-refractivity contribution in [1.82, 2.24) is 0 Å². The van der Waals surface area contributed by atoms with Gasteiger partial charge in [0.05, 0.1) is 0 Å². The Morgan fingerprint density at radius 3 is 1.54 bits per heavy atom. The Hall–Kier alpha value is -2.59. The van der Waals surface area contributed by atoms with Crippen molar-refractivity contribution < 1.29 is 24.0 Å². The maximum Gasteiger partial charge on any atom is 0.524 e. The lowest BCUT2D eigenvalue weighted by molar-refractivity contribution is 0.283. The Kier molecular flexibility index (Phi) is 5.35. The molecule has 6 heteroatoms. The fourth-order valence-corrected chi connectivity index (χ4v) is 4.10. The molecule has 0 radical (unpaired) electrons. The van der Waals surface area contributed by atoms with Gasteiger partial charge in [-0.05, 0) is 73.2 Å². The van der Waals surface area contributed by atoms with Gasteiger partial charge in [-0.25, -0.2) is 4.57 Å². The van der Waals surface area contributed by atoms with Gasteiger partial charge in [0.15, 0.2) is 0 Å². The molecule has 0 aromatic heterocycles. The molecule has 0 spiro atoms. The number of aromatic hydroxyl groups is 1. The van der Waals surface area contributed by atoms with E-state index in [4.69, 9.17) is 4.52 Å². The SMILES string of the molecule is Cc1cccc(C)c1-c1c(O)ccc(OP(=O)(O)O)c1-c1c(C)cccc1C. The van der Waals surface area contributed by atoms with E-state index < -0.39 is 7.82 Å². The molecule has 0 saturated carbocycles. The van der Waals surface area contributed by atoms with Crippen LogP contribution in [0.3, 0.4) is 0 Å². The van der Waals surface area contributed by atoms with E-state index >= 15 is 0 Å². The van der Waals surface area contributed by atoms with Crippen molar-refractivity contribution in [2.45, 2.75) is 27.7 Å². The van der Waals surface area contributed by atoms with Gasteiger partial charge in [-0.1, -0.05) is 36.4 Å². The first kappa shape index (κ1) is 20.2. The average molecular weight is 398 g/mol. The van der Waals surface area contributed by atoms with E-state index in [2.05, 4.69) is 0 Å². The summed E-state index contributed by atoms with van der Waals surface area (Å²) in [5.41, 5.74) is 6.26. The van der Waals surface area contributed by atoms with Crippen molar-refractivity contribution in [3.05, 3.63) is 70.8 Å². The molecule has 0 aliphatic carbocycles. The molecule has 3 aromatic rings. The number of phenolic OH excluding ortho intramolecular Hbond substituents is 1. The van der Waals surface area contributed by atoms with Crippen molar-refractivity contribution in [3.63, 3.8) is 0 Å². The number of benzene rings is 3. The zero-order valence-corrected chi connectivity index (χ0v) is 17.1. The van der Waals surface area contributed by atoms with Crippen LogP contribution in [0.1, 0.15) is 22.3 Å². The van der Waals surface area contributed by atoms with Crippen LogP contribution < -0.4 is 4.52 Å². The standard InChI is InChI=1S/C22H23O5P/c1-13-7-5-8-14(2)19(13)21-17(23)11-12-18(27-28(24,25)26)22(21)20-15(3)9-6-10-16(20)4/h5-12,23H,1-4H3,(H2,24,25,26). The summed E-state index contributed by atoms with van der Waals surface area (Å²) in [4.78, 5) is 18.9. The summed E-state index contributed by atoms with van der Waals surface area (Å²) >= 11 is 0. The van der Waals surface area contributed by atoms with Crippen molar-refractivity contribution in [3.8, 4) is 33.8 Å². The van der Waals surface area contributed by atoms with Crippen molar-refractivity contribution in [2.75, 3.05) is 0 Å². The molecule has 0 saturated heterocycles. The summed E-state index contributed by atoms with van der Waals surface area (Å²) in [6.45, 7) is 7.71. The van der Waals surface area contributed by atoms with Crippen LogP contribution in [-0.2, 0) is 4.57 Å². The second-order valence-electron chi connectivity index (χ2n) is 6.95. The lowest BCUT2D eigenvalue weighted by Crippen LogP contribution is -2.00. The minimum absolute atomic E-state index is 0.0214. The van der Waals surface area contributed by atoms with E-state index in [0.717, 1.165) is 33.4 Å². The van der Waals surface area contributed by atoms with Gasteiger partial charge in [0.1, 0.15) is 11.5 Å². The zero-order valence-electron chi connectivity index (χ0n) is 16.2. The van der Waals surface area contributed by atoms with E-state index in [1.54, 1.807) is 0 Å². The first-order valence-corrected chi connectivity index (χ1v) is 10.4. The van der Waals surface area contributed by atoms with Crippen LogP contribution in [0.4, 0.5) is 0 Å². The molecule has 0 unspecified atom stereocenters. The predicted molar refractivity (Wildman–Crippen MR) is 111 cm³/mol. The van der Waals surface area contributed by atoms with E-state index in [1.165, 1.54) is 12.1 Å². The molecular weight excluding hydrogens is 375 g/mol. The highest BCUT2D eigenvalue weighted by Crippen LogP contribution is 2.51. The monoisotopic (exact) mass is 398 g/mol. The van der Waals surface area contributed by atoms with E-state index in [1.807, 2.05) is 64.1 Å². The number of rotatable bonds is 4. The number of aryl methyl sites for hydroxylation is 4. The molecule has 0 fully saturated rings. The van der Waals surface area contributed by atoms with Gasteiger partial charge < -0.3 is 9.63 Å². The van der Waals surface area contributed by atoms with E-state index in [0.29, 0.717) is 11.1 Å². The first-order chi connectivity index (χ1) is 13.1. The molecule has 0 aliphatic rings. The molecule has 28 heavy (non-hydrogen) atoms. The number of phosphoric acid groups is 1. The summed E-state index contributed by atoms with van der Waals surface area (Å²) in [7, 11) is -4.80. The fraction of sp³-hybridized carbons (Fsp3) is 0.182. The Morgan fingerprint density at radius 1 is 0.679 bits per heavy atom. The highest BCUT2D eigenvalue weighted by atomic mass is 31.2. The Morgan fingerprint density at radius 2 is 1.11 bits per heavy atom. The van der Waals surface area contributed by atoms with Crippen LogP contribution in [-0.4, -0.2) is 14.9 Å². The molecule has 3 N–H and O–H groups in total. The van der Waals surface area contributed by atoms with Gasteiger partial charge in [-0.15, -0.1) is 0 Å². The summed E-state index contributed by atoms with van der Waals surface area (Å²) in [5, 5.41) is 10.8. The van der Waals surface area contributed by atoms with Crippen LogP contribution in [0.5, 0.6) is 11.5 Å². The average Bonchev–Trinajstić information content (AvgIpc) is 2.57. The third-order valence-corrected chi connectivity index (χ3v) is 5.26. The van der Waals surface area contributed by atoms with Crippen LogP contribution in [0.25, 0.3) is 22.3 Å². The van der Waals surface area contributed by atoms with Crippen molar-refractivity contribution in [1.29, 1.82) is 0 Å². The van der Waals surface area contributed by atoms with Crippen molar-refractivity contribution >= 4 is 7.82 Å². The van der Waals surface area contributed by atoms with Crippen LogP contribution in [0.2, 0.25) is 0 Å². The fourth-order valence-electron chi connectivity index (χ4n) is 3.70. The van der Waals surface area contributed by atoms with Gasteiger partial charge in [-0.2, -0.15) is 0 Å². The quantitative estimate of drug-likeness (QED) is 0.510. The lowest BCUT2D eigenvalue weighted by Gasteiger charge is -2.22. The van der Waals surface area contributed by atoms with Gasteiger partial charge >= 0.3 is 7.82 Å². The molecular formula is C22H23O5P. The third-order valence-electron chi connectivity index (χ3n) is 4.82. The van der Waals surface area contributed by atoms with Gasteiger partial charge in [-0.3, -0.25) is 9.79 Å². The highest BCUT2D eigenvalue weighted by Gasteiger charge is 2.26. The number of phosphoric ester groups is 1. The molecule has 3 aromatic carbocycles. The van der Waals surface area contributed by atoms with Crippen LogP contribution >= 0.6 is 7.82 Å².